The second-order valence-electron chi connectivity index (χ2n) is 6.78. The fourth-order valence-electron chi connectivity index (χ4n) is 1.92. The average molecular weight is 262 g/mol. The molecule has 0 bridgehead atoms. The Bertz CT molecular complexity index is 419. The van der Waals surface area contributed by atoms with Crippen molar-refractivity contribution in [2.24, 2.45) is 5.41 Å². The molecule has 18 heavy (non-hydrogen) atoms. The van der Waals surface area contributed by atoms with Gasteiger partial charge in [0.05, 0.1) is 5.76 Å². The van der Waals surface area contributed by atoms with Crippen LogP contribution in [0.25, 0.3) is 5.57 Å². The lowest BCUT2D eigenvalue weighted by atomic mass is 9.89. The molecule has 0 unspecified atom stereocenters. The molecule has 0 amide bonds. The quantitative estimate of drug-likeness (QED) is 0.529. The molecule has 0 spiro atoms. The average Bonchev–Trinajstić information content (AvgIpc) is 2.24. The lowest BCUT2D eigenvalue weighted by Gasteiger charge is -2.32. The number of hydrogen-bond acceptors (Lipinski definition) is 1. The molecule has 0 atom stereocenters. The van der Waals surface area contributed by atoms with Crippen LogP contribution in [0.4, 0.5) is 0 Å². The van der Waals surface area contributed by atoms with Gasteiger partial charge >= 0.3 is 0 Å². The summed E-state index contributed by atoms with van der Waals surface area (Å²) in [6.45, 7) is 15.5. The molecular weight excluding hydrogens is 236 g/mol. The smallest absolute Gasteiger partial charge is 0.241 e. The Labute approximate surface area is 113 Å². The normalized spacial score (nSPS) is 14.2. The molecule has 1 aromatic carbocycles. The molecule has 100 valence electrons. The van der Waals surface area contributed by atoms with E-state index in [9.17, 15) is 0 Å². The first kappa shape index (κ1) is 15.0. The van der Waals surface area contributed by atoms with E-state index in [0.717, 1.165) is 5.76 Å². The molecule has 0 N–H and O–H groups in total. The molecule has 0 aliphatic rings. The van der Waals surface area contributed by atoms with Gasteiger partial charge in [0.15, 0.2) is 0 Å². The molecule has 2 heteroatoms. The topological polar surface area (TPSA) is 9.23 Å². The molecule has 0 aliphatic carbocycles. The first-order valence-electron chi connectivity index (χ1n) is 6.57. The van der Waals surface area contributed by atoms with Crippen LogP contribution in [0.3, 0.4) is 0 Å². The summed E-state index contributed by atoms with van der Waals surface area (Å²) in [5, 5.41) is 0. The molecule has 0 saturated carbocycles. The van der Waals surface area contributed by atoms with Gasteiger partial charge in [0.1, 0.15) is 0 Å². The highest BCUT2D eigenvalue weighted by molar-refractivity contribution is 6.70. The van der Waals surface area contributed by atoms with Gasteiger partial charge in [-0.1, -0.05) is 51.1 Å². The van der Waals surface area contributed by atoms with Crippen molar-refractivity contribution in [3.8, 4) is 0 Å². The fourth-order valence-corrected chi connectivity index (χ4v) is 2.99. The summed E-state index contributed by atoms with van der Waals surface area (Å²) in [5.74, 6) is 1.13. The Morgan fingerprint density at radius 3 is 1.89 bits per heavy atom. The highest BCUT2D eigenvalue weighted by atomic mass is 28.4. The zero-order valence-electron chi connectivity index (χ0n) is 12.8. The summed E-state index contributed by atoms with van der Waals surface area (Å²) in [7, 11) is -1.58. The van der Waals surface area contributed by atoms with Crippen molar-refractivity contribution in [2.45, 2.75) is 47.3 Å². The van der Waals surface area contributed by atoms with Gasteiger partial charge in [0, 0.05) is 5.41 Å². The van der Waals surface area contributed by atoms with Crippen LogP contribution in [-0.4, -0.2) is 8.32 Å². The Morgan fingerprint density at radius 2 is 1.50 bits per heavy atom. The second-order valence-corrected chi connectivity index (χ2v) is 11.2. The van der Waals surface area contributed by atoms with Crippen LogP contribution in [0.5, 0.6) is 0 Å². The summed E-state index contributed by atoms with van der Waals surface area (Å²) in [4.78, 5) is 0. The Morgan fingerprint density at radius 1 is 1.00 bits per heavy atom. The van der Waals surface area contributed by atoms with Crippen molar-refractivity contribution >= 4 is 13.9 Å². The molecule has 0 aromatic heterocycles. The van der Waals surface area contributed by atoms with E-state index in [2.05, 4.69) is 71.6 Å². The number of hydrogen-bond donors (Lipinski definition) is 0. The molecule has 0 aliphatic heterocycles. The van der Waals surface area contributed by atoms with Crippen LogP contribution in [0, 0.1) is 5.41 Å². The van der Waals surface area contributed by atoms with Gasteiger partial charge in [-0.25, -0.2) is 0 Å². The third-order valence-corrected chi connectivity index (χ3v) is 3.45. The van der Waals surface area contributed by atoms with E-state index in [0.29, 0.717) is 0 Å². The van der Waals surface area contributed by atoms with Crippen molar-refractivity contribution in [2.75, 3.05) is 0 Å². The van der Waals surface area contributed by atoms with E-state index < -0.39 is 8.32 Å². The minimum Gasteiger partial charge on any atom is -0.547 e. The second kappa shape index (κ2) is 5.31. The maximum Gasteiger partial charge on any atom is 0.241 e. The number of rotatable bonds is 3. The first-order chi connectivity index (χ1) is 8.11. The molecule has 0 heterocycles. The lowest BCUT2D eigenvalue weighted by molar-refractivity contribution is 0.291. The zero-order valence-corrected chi connectivity index (χ0v) is 13.8. The maximum absolute atomic E-state index is 6.34. The summed E-state index contributed by atoms with van der Waals surface area (Å²) < 4.78 is 6.34. The van der Waals surface area contributed by atoms with E-state index in [1.807, 2.05) is 6.07 Å². The van der Waals surface area contributed by atoms with E-state index >= 15 is 0 Å². The Hall–Kier alpha value is -1.02. The highest BCUT2D eigenvalue weighted by Gasteiger charge is 2.27. The molecule has 1 aromatic rings. The van der Waals surface area contributed by atoms with Gasteiger partial charge in [0.25, 0.3) is 0 Å². The van der Waals surface area contributed by atoms with Gasteiger partial charge < -0.3 is 4.43 Å². The summed E-state index contributed by atoms with van der Waals surface area (Å²) in [6.07, 6.45) is 0. The van der Waals surface area contributed by atoms with Crippen LogP contribution >= 0.6 is 0 Å². The SMILES string of the molecule is C/C(=C(\O[Si](C)(C)C)C(C)(C)C)c1ccccc1. The van der Waals surface area contributed by atoms with E-state index in [1.54, 1.807) is 0 Å². The van der Waals surface area contributed by atoms with Gasteiger partial charge in [0.2, 0.25) is 8.32 Å². The van der Waals surface area contributed by atoms with Crippen LogP contribution in [0.2, 0.25) is 19.6 Å². The van der Waals surface area contributed by atoms with E-state index in [1.165, 1.54) is 11.1 Å². The van der Waals surface area contributed by atoms with Crippen molar-refractivity contribution < 1.29 is 4.43 Å². The predicted molar refractivity (Wildman–Crippen MR) is 82.9 cm³/mol. The molecule has 1 rings (SSSR count). The minimum absolute atomic E-state index is 0.0419. The third kappa shape index (κ3) is 4.34. The minimum atomic E-state index is -1.58. The molecular formula is C16H26OSi. The van der Waals surface area contributed by atoms with Gasteiger partial charge in [-0.2, -0.15) is 0 Å². The third-order valence-electron chi connectivity index (χ3n) is 2.64. The van der Waals surface area contributed by atoms with Gasteiger partial charge in [-0.05, 0) is 37.7 Å². The first-order valence-corrected chi connectivity index (χ1v) is 9.98. The highest BCUT2D eigenvalue weighted by Crippen LogP contribution is 2.35. The monoisotopic (exact) mass is 262 g/mol. The molecule has 0 saturated heterocycles. The van der Waals surface area contributed by atoms with Crippen molar-refractivity contribution in [3.05, 3.63) is 41.7 Å². The maximum atomic E-state index is 6.34. The van der Waals surface area contributed by atoms with Gasteiger partial charge in [-0.3, -0.25) is 0 Å². The van der Waals surface area contributed by atoms with Crippen LogP contribution in [0.15, 0.2) is 36.1 Å². The fraction of sp³-hybridized carbons (Fsp3) is 0.500. The molecule has 1 nitrogen and oxygen atoms in total. The molecule has 0 radical (unpaired) electrons. The Balaban J connectivity index is 3.25. The van der Waals surface area contributed by atoms with Crippen LogP contribution < -0.4 is 0 Å². The number of benzene rings is 1. The van der Waals surface area contributed by atoms with Gasteiger partial charge in [-0.15, -0.1) is 0 Å². The molecule has 0 fully saturated rings. The van der Waals surface area contributed by atoms with Crippen LogP contribution in [-0.2, 0) is 4.43 Å². The predicted octanol–water partition coefficient (Wildman–Crippen LogP) is 5.32. The van der Waals surface area contributed by atoms with Crippen molar-refractivity contribution in [1.29, 1.82) is 0 Å². The van der Waals surface area contributed by atoms with Crippen molar-refractivity contribution in [3.63, 3.8) is 0 Å². The van der Waals surface area contributed by atoms with Crippen molar-refractivity contribution in [1.82, 2.24) is 0 Å². The van der Waals surface area contributed by atoms with E-state index in [-0.39, 0.29) is 5.41 Å². The summed E-state index contributed by atoms with van der Waals surface area (Å²) in [6, 6.07) is 10.5. The summed E-state index contributed by atoms with van der Waals surface area (Å²) >= 11 is 0. The lowest BCUT2D eigenvalue weighted by Crippen LogP contribution is -2.29. The standard InChI is InChI=1S/C16H26OSi/c1-13(14-11-9-8-10-12-14)15(16(2,3)4)17-18(5,6)7/h8-12H,1-7H3/b15-13+. The van der Waals surface area contributed by atoms with E-state index in [4.69, 9.17) is 4.43 Å². The largest absolute Gasteiger partial charge is 0.547 e. The number of allylic oxidation sites excluding steroid dienone is 2. The zero-order chi connectivity index (χ0) is 14.0. The summed E-state index contributed by atoms with van der Waals surface area (Å²) in [5.41, 5.74) is 2.55. The van der Waals surface area contributed by atoms with Crippen LogP contribution in [0.1, 0.15) is 33.3 Å². The Kier molecular flexibility index (Phi) is 4.44.